The van der Waals surface area contributed by atoms with Gasteiger partial charge in [0.05, 0.1) is 6.54 Å². The predicted octanol–water partition coefficient (Wildman–Crippen LogP) is 2.81. The summed E-state index contributed by atoms with van der Waals surface area (Å²) in [6, 6.07) is 3.82. The van der Waals surface area contributed by atoms with Crippen LogP contribution in [0.3, 0.4) is 0 Å². The monoisotopic (exact) mass is 216 g/mol. The maximum atomic E-state index is 12.3. The average molecular weight is 216 g/mol. The predicted molar refractivity (Wildman–Crippen MR) is 57.1 cm³/mol. The first-order valence-electron chi connectivity index (χ1n) is 5.31. The van der Waals surface area contributed by atoms with E-state index in [2.05, 4.69) is 12.2 Å². The van der Waals surface area contributed by atoms with Gasteiger partial charge < -0.3 is 9.88 Å². The highest BCUT2D eigenvalue weighted by molar-refractivity contribution is 5.11. The molecule has 1 heterocycles. The minimum Gasteiger partial charge on any atom is -0.344 e. The molecule has 0 aliphatic rings. The Labute approximate surface area is 89.3 Å². The van der Waals surface area contributed by atoms with Gasteiger partial charge in [-0.15, -0.1) is 0 Å². The number of nitrogens with zero attached hydrogens (tertiary/aromatic N) is 1. The summed E-state index contributed by atoms with van der Waals surface area (Å²) in [5.41, 5.74) is 0.920. The van der Waals surface area contributed by atoms with E-state index in [1.165, 1.54) is 0 Å². The number of aromatic nitrogens is 1. The number of nitrogens with one attached hydrogen (secondary N) is 1. The van der Waals surface area contributed by atoms with Gasteiger partial charge in [0.25, 0.3) is 6.43 Å². The van der Waals surface area contributed by atoms with Gasteiger partial charge in [-0.3, -0.25) is 0 Å². The molecule has 0 amide bonds. The summed E-state index contributed by atoms with van der Waals surface area (Å²) in [5, 5.41) is 3.28. The van der Waals surface area contributed by atoms with Crippen molar-refractivity contribution in [2.45, 2.75) is 39.3 Å². The molecule has 1 aromatic heterocycles. The summed E-state index contributed by atoms with van der Waals surface area (Å²) in [7, 11) is 0. The van der Waals surface area contributed by atoms with Crippen LogP contribution in [-0.2, 0) is 6.54 Å². The first-order valence-corrected chi connectivity index (χ1v) is 5.31. The molecule has 15 heavy (non-hydrogen) atoms. The highest BCUT2D eigenvalue weighted by Crippen LogP contribution is 2.14. The molecule has 86 valence electrons. The second kappa shape index (κ2) is 5.85. The van der Waals surface area contributed by atoms with Crippen LogP contribution in [0, 0.1) is 0 Å². The van der Waals surface area contributed by atoms with Crippen molar-refractivity contribution in [3.8, 4) is 0 Å². The van der Waals surface area contributed by atoms with Crippen LogP contribution in [-0.4, -0.2) is 17.5 Å². The minimum atomic E-state index is -2.30. The highest BCUT2D eigenvalue weighted by Gasteiger charge is 2.11. The van der Waals surface area contributed by atoms with Crippen LogP contribution >= 0.6 is 0 Å². The van der Waals surface area contributed by atoms with Gasteiger partial charge in [0.15, 0.2) is 0 Å². The van der Waals surface area contributed by atoms with Crippen molar-refractivity contribution in [3.63, 3.8) is 0 Å². The van der Waals surface area contributed by atoms with E-state index in [0.717, 1.165) is 18.7 Å². The molecular weight excluding hydrogens is 198 g/mol. The smallest absolute Gasteiger partial charge is 0.256 e. The van der Waals surface area contributed by atoms with Gasteiger partial charge in [0.2, 0.25) is 0 Å². The molecule has 0 aliphatic heterocycles. The summed E-state index contributed by atoms with van der Waals surface area (Å²) in [4.78, 5) is 0. The largest absolute Gasteiger partial charge is 0.344 e. The van der Waals surface area contributed by atoms with E-state index in [4.69, 9.17) is 0 Å². The molecule has 0 saturated carbocycles. The maximum Gasteiger partial charge on any atom is 0.256 e. The molecule has 0 radical (unpaired) electrons. The minimum absolute atomic E-state index is 0.124. The van der Waals surface area contributed by atoms with Crippen LogP contribution in [0.25, 0.3) is 0 Å². The zero-order chi connectivity index (χ0) is 11.3. The van der Waals surface area contributed by atoms with Crippen LogP contribution in [0.4, 0.5) is 8.78 Å². The Kier molecular flexibility index (Phi) is 4.75. The van der Waals surface area contributed by atoms with E-state index in [1.54, 1.807) is 10.8 Å². The molecule has 0 saturated heterocycles. The Bertz CT molecular complexity index is 284. The zero-order valence-electron chi connectivity index (χ0n) is 9.21. The number of hydrogen-bond donors (Lipinski definition) is 1. The van der Waals surface area contributed by atoms with E-state index in [1.807, 2.05) is 19.1 Å². The molecule has 1 aromatic rings. The van der Waals surface area contributed by atoms with Crippen molar-refractivity contribution in [1.82, 2.24) is 9.88 Å². The van der Waals surface area contributed by atoms with Gasteiger partial charge in [-0.2, -0.15) is 0 Å². The van der Waals surface area contributed by atoms with Crippen molar-refractivity contribution in [3.05, 3.63) is 24.0 Å². The number of rotatable bonds is 6. The fourth-order valence-electron chi connectivity index (χ4n) is 1.60. The van der Waals surface area contributed by atoms with Crippen molar-refractivity contribution in [2.24, 2.45) is 0 Å². The Balaban J connectivity index is 2.62. The zero-order valence-corrected chi connectivity index (χ0v) is 9.21. The first-order chi connectivity index (χ1) is 7.15. The summed E-state index contributed by atoms with van der Waals surface area (Å²) in [6.07, 6.45) is 0.445. The maximum absolute atomic E-state index is 12.3. The normalized spacial score (nSPS) is 13.4. The molecule has 0 spiro atoms. The van der Waals surface area contributed by atoms with E-state index >= 15 is 0 Å². The summed E-state index contributed by atoms with van der Waals surface area (Å²) in [6.45, 7) is 4.76. The Morgan fingerprint density at radius 1 is 1.47 bits per heavy atom. The molecular formula is C11H18F2N2. The molecule has 0 aromatic carbocycles. The van der Waals surface area contributed by atoms with Crippen LogP contribution < -0.4 is 5.32 Å². The van der Waals surface area contributed by atoms with Gasteiger partial charge in [-0.05, 0) is 32.0 Å². The molecule has 2 nitrogen and oxygen atoms in total. The standard InChI is InChI=1S/C11H18F2N2/c1-3-6-14-9(2)10-5-4-7-15(10)8-11(12)13/h4-5,7,9,11,14H,3,6,8H2,1-2H3. The van der Waals surface area contributed by atoms with Gasteiger partial charge in [0, 0.05) is 17.9 Å². The fraction of sp³-hybridized carbons (Fsp3) is 0.636. The van der Waals surface area contributed by atoms with Gasteiger partial charge in [0.1, 0.15) is 0 Å². The fourth-order valence-corrected chi connectivity index (χ4v) is 1.60. The summed E-state index contributed by atoms with van der Waals surface area (Å²) >= 11 is 0. The number of halogens is 2. The van der Waals surface area contributed by atoms with Crippen molar-refractivity contribution >= 4 is 0 Å². The van der Waals surface area contributed by atoms with Crippen molar-refractivity contribution in [2.75, 3.05) is 6.54 Å². The molecule has 1 atom stereocenters. The third-order valence-electron chi connectivity index (χ3n) is 2.34. The first kappa shape index (κ1) is 12.2. The SMILES string of the molecule is CCCNC(C)c1cccn1CC(F)F. The molecule has 0 fully saturated rings. The number of hydrogen-bond acceptors (Lipinski definition) is 1. The lowest BCUT2D eigenvalue weighted by atomic mass is 10.2. The van der Waals surface area contributed by atoms with Crippen LogP contribution in [0.2, 0.25) is 0 Å². The lowest BCUT2D eigenvalue weighted by Crippen LogP contribution is -2.22. The molecule has 0 bridgehead atoms. The van der Waals surface area contributed by atoms with Crippen molar-refractivity contribution < 1.29 is 8.78 Å². The van der Waals surface area contributed by atoms with E-state index in [9.17, 15) is 8.78 Å². The van der Waals surface area contributed by atoms with Crippen molar-refractivity contribution in [1.29, 1.82) is 0 Å². The summed E-state index contributed by atoms with van der Waals surface area (Å²) < 4.78 is 26.1. The van der Waals surface area contributed by atoms with E-state index in [0.29, 0.717) is 0 Å². The lowest BCUT2D eigenvalue weighted by molar-refractivity contribution is 0.125. The summed E-state index contributed by atoms with van der Waals surface area (Å²) in [5.74, 6) is 0. The molecule has 4 heteroatoms. The highest BCUT2D eigenvalue weighted by atomic mass is 19.3. The van der Waals surface area contributed by atoms with Gasteiger partial charge in [-0.25, -0.2) is 8.78 Å². The lowest BCUT2D eigenvalue weighted by Gasteiger charge is -2.16. The molecule has 1 N–H and O–H groups in total. The number of alkyl halides is 2. The van der Waals surface area contributed by atoms with Crippen LogP contribution in [0.5, 0.6) is 0 Å². The third kappa shape index (κ3) is 3.63. The van der Waals surface area contributed by atoms with Gasteiger partial charge >= 0.3 is 0 Å². The second-order valence-corrected chi connectivity index (χ2v) is 3.65. The second-order valence-electron chi connectivity index (χ2n) is 3.65. The Morgan fingerprint density at radius 2 is 2.20 bits per heavy atom. The third-order valence-corrected chi connectivity index (χ3v) is 2.34. The topological polar surface area (TPSA) is 17.0 Å². The molecule has 1 unspecified atom stereocenters. The molecule has 1 rings (SSSR count). The molecule has 0 aliphatic carbocycles. The van der Waals surface area contributed by atoms with Crippen LogP contribution in [0.15, 0.2) is 18.3 Å². The Hall–Kier alpha value is -0.900. The average Bonchev–Trinajstić information content (AvgIpc) is 2.61. The van der Waals surface area contributed by atoms with Crippen LogP contribution in [0.1, 0.15) is 32.0 Å². The van der Waals surface area contributed by atoms with Gasteiger partial charge in [-0.1, -0.05) is 6.92 Å². The Morgan fingerprint density at radius 3 is 2.80 bits per heavy atom. The quantitative estimate of drug-likeness (QED) is 0.773. The van der Waals surface area contributed by atoms with E-state index in [-0.39, 0.29) is 12.6 Å². The van der Waals surface area contributed by atoms with E-state index < -0.39 is 6.43 Å².